The third-order valence-corrected chi connectivity index (χ3v) is 5.10. The van der Waals surface area contributed by atoms with E-state index in [1.165, 1.54) is 6.92 Å². The molecule has 1 heterocycles. The Kier molecular flexibility index (Phi) is 6.05. The number of imide groups is 1. The molecule has 0 unspecified atom stereocenters. The Morgan fingerprint density at radius 2 is 1.86 bits per heavy atom. The van der Waals surface area contributed by atoms with E-state index in [2.05, 4.69) is 10.6 Å². The van der Waals surface area contributed by atoms with E-state index >= 15 is 0 Å². The molecule has 156 valence electrons. The molecule has 0 bridgehead atoms. The smallest absolute Gasteiger partial charge is 0.327 e. The van der Waals surface area contributed by atoms with Crippen LogP contribution in [0.2, 0.25) is 0 Å². The topological polar surface area (TPSA) is 114 Å². The Labute approximate surface area is 168 Å². The van der Waals surface area contributed by atoms with Gasteiger partial charge in [0.1, 0.15) is 17.8 Å². The number of nitrogens with one attached hydrogen (secondary N) is 2. The van der Waals surface area contributed by atoms with Gasteiger partial charge in [-0.25, -0.2) is 4.79 Å². The molecule has 1 atom stereocenters. The number of amides is 4. The molecular weight excluding hydrogens is 378 g/mol. The Bertz CT molecular complexity index is 801. The van der Waals surface area contributed by atoms with Crippen LogP contribution in [0, 0.1) is 0 Å². The van der Waals surface area contributed by atoms with E-state index < -0.39 is 42.0 Å². The van der Waals surface area contributed by atoms with Crippen LogP contribution in [0.25, 0.3) is 0 Å². The van der Waals surface area contributed by atoms with Gasteiger partial charge in [0.25, 0.3) is 11.8 Å². The van der Waals surface area contributed by atoms with Crippen LogP contribution in [-0.4, -0.2) is 53.5 Å². The minimum atomic E-state index is -1.09. The summed E-state index contributed by atoms with van der Waals surface area (Å²) in [7, 11) is 0. The Hall–Kier alpha value is -3.10. The maximum Gasteiger partial charge on any atom is 0.327 e. The zero-order chi connectivity index (χ0) is 21.0. The average molecular weight is 403 g/mol. The number of hydrogen-bond acceptors (Lipinski definition) is 6. The van der Waals surface area contributed by atoms with Crippen LogP contribution < -0.4 is 15.4 Å². The fourth-order valence-corrected chi connectivity index (χ4v) is 3.60. The van der Waals surface area contributed by atoms with E-state index in [0.29, 0.717) is 30.9 Å². The van der Waals surface area contributed by atoms with Gasteiger partial charge in [-0.2, -0.15) is 0 Å². The molecule has 1 spiro atoms. The number of carbonyl (C=O) groups is 4. The number of esters is 1. The molecule has 1 aromatic rings. The lowest BCUT2D eigenvalue weighted by Crippen LogP contribution is -2.44. The molecule has 2 aliphatic rings. The SMILES string of the molecule is CCOc1ccc(NC(=O)[C@@H](C)OC(=O)CN2C(=O)NC3(CCCC3)C2=O)cc1. The zero-order valence-electron chi connectivity index (χ0n) is 16.5. The maximum atomic E-state index is 12.6. The van der Waals surface area contributed by atoms with Crippen molar-refractivity contribution in [3.8, 4) is 5.75 Å². The predicted octanol–water partition coefficient (Wildman–Crippen LogP) is 1.82. The van der Waals surface area contributed by atoms with E-state index in [-0.39, 0.29) is 0 Å². The van der Waals surface area contributed by atoms with Gasteiger partial charge < -0.3 is 20.1 Å². The molecule has 1 saturated heterocycles. The van der Waals surface area contributed by atoms with E-state index in [1.54, 1.807) is 24.3 Å². The largest absolute Gasteiger partial charge is 0.494 e. The van der Waals surface area contributed by atoms with Gasteiger partial charge in [0.05, 0.1) is 6.61 Å². The lowest BCUT2D eigenvalue weighted by Gasteiger charge is -2.20. The standard InChI is InChI=1S/C20H25N3O6/c1-3-28-15-8-6-14(7-9-15)21-17(25)13(2)29-16(24)12-23-18(26)20(22-19(23)27)10-4-5-11-20/h6-9,13H,3-5,10-12H2,1-2H3,(H,21,25)(H,22,27)/t13-/m1/s1. The summed E-state index contributed by atoms with van der Waals surface area (Å²) in [5.41, 5.74) is -0.354. The Morgan fingerprint density at radius 3 is 2.48 bits per heavy atom. The lowest BCUT2D eigenvalue weighted by atomic mass is 9.98. The van der Waals surface area contributed by atoms with Gasteiger partial charge in [0.2, 0.25) is 0 Å². The van der Waals surface area contributed by atoms with Gasteiger partial charge >= 0.3 is 12.0 Å². The Balaban J connectivity index is 1.51. The first-order chi connectivity index (χ1) is 13.8. The maximum absolute atomic E-state index is 12.6. The summed E-state index contributed by atoms with van der Waals surface area (Å²) in [6, 6.07) is 6.18. The van der Waals surface area contributed by atoms with Crippen molar-refractivity contribution in [2.45, 2.75) is 51.2 Å². The van der Waals surface area contributed by atoms with Gasteiger partial charge in [0.15, 0.2) is 6.10 Å². The van der Waals surface area contributed by atoms with Crippen molar-refractivity contribution in [1.82, 2.24) is 10.2 Å². The lowest BCUT2D eigenvalue weighted by molar-refractivity contribution is -0.155. The molecule has 9 heteroatoms. The normalized spacial score (nSPS) is 18.5. The highest BCUT2D eigenvalue weighted by atomic mass is 16.5. The molecule has 9 nitrogen and oxygen atoms in total. The van der Waals surface area contributed by atoms with Crippen LogP contribution in [0.1, 0.15) is 39.5 Å². The summed E-state index contributed by atoms with van der Waals surface area (Å²) in [6.07, 6.45) is 1.77. The van der Waals surface area contributed by atoms with E-state index in [4.69, 9.17) is 9.47 Å². The number of urea groups is 1. The first-order valence-corrected chi connectivity index (χ1v) is 9.72. The second kappa shape index (κ2) is 8.50. The van der Waals surface area contributed by atoms with Crippen LogP contribution in [0.3, 0.4) is 0 Å². The molecule has 1 aliphatic carbocycles. The molecule has 2 fully saturated rings. The minimum Gasteiger partial charge on any atom is -0.494 e. The molecule has 1 aliphatic heterocycles. The molecule has 4 amide bonds. The highest BCUT2D eigenvalue weighted by Gasteiger charge is 2.52. The molecule has 3 rings (SSSR count). The number of anilines is 1. The number of carbonyl (C=O) groups excluding carboxylic acids is 4. The molecular formula is C20H25N3O6. The average Bonchev–Trinajstić information content (AvgIpc) is 3.24. The van der Waals surface area contributed by atoms with Gasteiger partial charge in [-0.3, -0.25) is 19.3 Å². The molecule has 1 aromatic carbocycles. The van der Waals surface area contributed by atoms with Crippen LogP contribution in [-0.2, 0) is 19.1 Å². The van der Waals surface area contributed by atoms with Crippen molar-refractivity contribution >= 4 is 29.5 Å². The molecule has 0 aromatic heterocycles. The summed E-state index contributed by atoms with van der Waals surface area (Å²) in [6.45, 7) is 3.31. The minimum absolute atomic E-state index is 0.400. The van der Waals surface area contributed by atoms with Crippen molar-refractivity contribution < 1.29 is 28.7 Å². The van der Waals surface area contributed by atoms with Crippen molar-refractivity contribution in [2.75, 3.05) is 18.5 Å². The van der Waals surface area contributed by atoms with Crippen molar-refractivity contribution in [2.24, 2.45) is 0 Å². The Morgan fingerprint density at radius 1 is 1.21 bits per heavy atom. The van der Waals surface area contributed by atoms with Crippen molar-refractivity contribution in [3.05, 3.63) is 24.3 Å². The number of benzene rings is 1. The van der Waals surface area contributed by atoms with Gasteiger partial charge in [-0.1, -0.05) is 12.8 Å². The van der Waals surface area contributed by atoms with Crippen molar-refractivity contribution in [3.63, 3.8) is 0 Å². The number of rotatable bonds is 7. The molecule has 29 heavy (non-hydrogen) atoms. The zero-order valence-corrected chi connectivity index (χ0v) is 16.5. The fraction of sp³-hybridized carbons (Fsp3) is 0.500. The number of hydrogen-bond donors (Lipinski definition) is 2. The second-order valence-corrected chi connectivity index (χ2v) is 7.19. The predicted molar refractivity (Wildman–Crippen MR) is 103 cm³/mol. The van der Waals surface area contributed by atoms with Gasteiger partial charge in [0, 0.05) is 5.69 Å². The van der Waals surface area contributed by atoms with Gasteiger partial charge in [-0.15, -0.1) is 0 Å². The van der Waals surface area contributed by atoms with E-state index in [9.17, 15) is 19.2 Å². The highest BCUT2D eigenvalue weighted by Crippen LogP contribution is 2.34. The van der Waals surface area contributed by atoms with Gasteiger partial charge in [-0.05, 0) is 51.0 Å². The summed E-state index contributed by atoms with van der Waals surface area (Å²) in [5, 5.41) is 5.33. The number of nitrogens with zero attached hydrogens (tertiary/aromatic N) is 1. The third-order valence-electron chi connectivity index (χ3n) is 5.10. The van der Waals surface area contributed by atoms with Crippen molar-refractivity contribution in [1.29, 1.82) is 0 Å². The number of ether oxygens (including phenoxy) is 2. The van der Waals surface area contributed by atoms with Crippen LogP contribution in [0.15, 0.2) is 24.3 Å². The summed E-state index contributed by atoms with van der Waals surface area (Å²) in [4.78, 5) is 50.0. The molecule has 0 radical (unpaired) electrons. The second-order valence-electron chi connectivity index (χ2n) is 7.19. The monoisotopic (exact) mass is 403 g/mol. The summed E-state index contributed by atoms with van der Waals surface area (Å²) < 4.78 is 10.4. The quantitative estimate of drug-likeness (QED) is 0.530. The first kappa shape index (κ1) is 20.6. The van der Waals surface area contributed by atoms with E-state index in [1.807, 2.05) is 6.92 Å². The highest BCUT2D eigenvalue weighted by molar-refractivity contribution is 6.09. The third kappa shape index (κ3) is 4.49. The van der Waals surface area contributed by atoms with Crippen LogP contribution in [0.4, 0.5) is 10.5 Å². The summed E-state index contributed by atoms with van der Waals surface area (Å²) in [5.74, 6) is -1.06. The van der Waals surface area contributed by atoms with Crippen LogP contribution >= 0.6 is 0 Å². The molecule has 2 N–H and O–H groups in total. The van der Waals surface area contributed by atoms with E-state index in [0.717, 1.165) is 17.7 Å². The first-order valence-electron chi connectivity index (χ1n) is 9.72. The molecule has 1 saturated carbocycles. The fourth-order valence-electron chi connectivity index (χ4n) is 3.60. The summed E-state index contributed by atoms with van der Waals surface area (Å²) >= 11 is 0. The van der Waals surface area contributed by atoms with Crippen LogP contribution in [0.5, 0.6) is 5.75 Å².